The van der Waals surface area contributed by atoms with Crippen molar-refractivity contribution in [2.75, 3.05) is 18.4 Å². The number of carbonyl (C=O) groups is 1. The zero-order chi connectivity index (χ0) is 18.8. The van der Waals surface area contributed by atoms with Crippen molar-refractivity contribution < 1.29 is 4.79 Å². The van der Waals surface area contributed by atoms with Crippen LogP contribution >= 0.6 is 0 Å². The van der Waals surface area contributed by atoms with Gasteiger partial charge in [0.1, 0.15) is 5.82 Å². The summed E-state index contributed by atoms with van der Waals surface area (Å²) >= 11 is 0. The molecule has 1 aromatic carbocycles. The number of rotatable bonds is 4. The number of benzene rings is 1. The molecule has 0 aliphatic carbocycles. The summed E-state index contributed by atoms with van der Waals surface area (Å²) in [6, 6.07) is 9.62. The molecule has 1 amide bonds. The Labute approximate surface area is 157 Å². The number of hydrogen-bond acceptors (Lipinski definition) is 5. The minimum Gasteiger partial charge on any atom is -0.326 e. The SMILES string of the molecule is Cc1nccc(-c2cccc(NC(=O)[C@H]3CNC[C@@H]3c3cnn(C)c3)c2)n1. The molecular weight excluding hydrogens is 340 g/mol. The maximum Gasteiger partial charge on any atom is 0.229 e. The van der Waals surface area contributed by atoms with Crippen LogP contribution in [0.25, 0.3) is 11.3 Å². The quantitative estimate of drug-likeness (QED) is 0.743. The average Bonchev–Trinajstić information content (AvgIpc) is 3.30. The van der Waals surface area contributed by atoms with Gasteiger partial charge in [-0.25, -0.2) is 9.97 Å². The van der Waals surface area contributed by atoms with E-state index in [-0.39, 0.29) is 17.7 Å². The van der Waals surface area contributed by atoms with Crippen molar-refractivity contribution in [3.63, 3.8) is 0 Å². The molecule has 27 heavy (non-hydrogen) atoms. The van der Waals surface area contributed by atoms with Crippen LogP contribution in [0.15, 0.2) is 48.9 Å². The van der Waals surface area contributed by atoms with Gasteiger partial charge in [-0.1, -0.05) is 12.1 Å². The predicted molar refractivity (Wildman–Crippen MR) is 103 cm³/mol. The van der Waals surface area contributed by atoms with Crippen molar-refractivity contribution >= 4 is 11.6 Å². The summed E-state index contributed by atoms with van der Waals surface area (Å²) in [4.78, 5) is 21.5. The lowest BCUT2D eigenvalue weighted by molar-refractivity contribution is -0.119. The fourth-order valence-corrected chi connectivity index (χ4v) is 3.54. The van der Waals surface area contributed by atoms with E-state index in [0.717, 1.165) is 34.9 Å². The van der Waals surface area contributed by atoms with E-state index in [9.17, 15) is 4.79 Å². The molecule has 4 rings (SSSR count). The normalized spacial score (nSPS) is 19.2. The number of aromatic nitrogens is 4. The highest BCUT2D eigenvalue weighted by Crippen LogP contribution is 2.29. The molecule has 0 unspecified atom stereocenters. The lowest BCUT2D eigenvalue weighted by Crippen LogP contribution is -2.28. The molecule has 3 heterocycles. The third-order valence-electron chi connectivity index (χ3n) is 4.91. The fraction of sp³-hybridized carbons (Fsp3) is 0.300. The summed E-state index contributed by atoms with van der Waals surface area (Å²) in [5, 5.41) is 10.6. The second-order valence-corrected chi connectivity index (χ2v) is 6.88. The highest BCUT2D eigenvalue weighted by molar-refractivity contribution is 5.94. The van der Waals surface area contributed by atoms with Crippen LogP contribution in [0.3, 0.4) is 0 Å². The second-order valence-electron chi connectivity index (χ2n) is 6.88. The lowest BCUT2D eigenvalue weighted by atomic mass is 9.90. The molecule has 0 bridgehead atoms. The number of hydrogen-bond donors (Lipinski definition) is 2. The third kappa shape index (κ3) is 3.73. The van der Waals surface area contributed by atoms with Crippen LogP contribution in [0.5, 0.6) is 0 Å². The van der Waals surface area contributed by atoms with Crippen LogP contribution in [0, 0.1) is 12.8 Å². The Morgan fingerprint density at radius 3 is 2.96 bits per heavy atom. The van der Waals surface area contributed by atoms with Gasteiger partial charge in [0.25, 0.3) is 0 Å². The molecule has 1 aliphatic heterocycles. The van der Waals surface area contributed by atoms with Crippen molar-refractivity contribution in [2.45, 2.75) is 12.8 Å². The van der Waals surface area contributed by atoms with E-state index in [1.807, 2.05) is 56.7 Å². The van der Waals surface area contributed by atoms with Crippen LogP contribution in [0.4, 0.5) is 5.69 Å². The van der Waals surface area contributed by atoms with Crippen LogP contribution in [0.1, 0.15) is 17.3 Å². The van der Waals surface area contributed by atoms with E-state index in [1.54, 1.807) is 10.9 Å². The van der Waals surface area contributed by atoms with Gasteiger partial charge in [0.05, 0.1) is 17.8 Å². The Morgan fingerprint density at radius 1 is 1.30 bits per heavy atom. The summed E-state index contributed by atoms with van der Waals surface area (Å²) in [6.07, 6.45) is 5.57. The zero-order valence-electron chi connectivity index (χ0n) is 15.4. The molecule has 7 nitrogen and oxygen atoms in total. The van der Waals surface area contributed by atoms with Crippen molar-refractivity contribution in [1.29, 1.82) is 0 Å². The molecule has 1 aliphatic rings. The number of aryl methyl sites for hydroxylation is 2. The van der Waals surface area contributed by atoms with Gasteiger partial charge in [-0.2, -0.15) is 5.10 Å². The summed E-state index contributed by atoms with van der Waals surface area (Å²) < 4.78 is 1.77. The molecule has 0 spiro atoms. The van der Waals surface area contributed by atoms with E-state index in [2.05, 4.69) is 25.7 Å². The van der Waals surface area contributed by atoms with Gasteiger partial charge >= 0.3 is 0 Å². The summed E-state index contributed by atoms with van der Waals surface area (Å²) in [7, 11) is 1.89. The topological polar surface area (TPSA) is 84.7 Å². The van der Waals surface area contributed by atoms with Gasteiger partial charge in [0.15, 0.2) is 0 Å². The van der Waals surface area contributed by atoms with Gasteiger partial charge in [-0.15, -0.1) is 0 Å². The fourth-order valence-electron chi connectivity index (χ4n) is 3.54. The molecule has 0 saturated carbocycles. The zero-order valence-corrected chi connectivity index (χ0v) is 15.4. The Morgan fingerprint density at radius 2 is 2.19 bits per heavy atom. The van der Waals surface area contributed by atoms with Gasteiger partial charge in [-0.05, 0) is 30.7 Å². The first-order valence-electron chi connectivity index (χ1n) is 9.00. The van der Waals surface area contributed by atoms with Gasteiger partial charge < -0.3 is 10.6 Å². The third-order valence-corrected chi connectivity index (χ3v) is 4.91. The summed E-state index contributed by atoms with van der Waals surface area (Å²) in [6.45, 7) is 3.31. The van der Waals surface area contributed by atoms with Crippen LogP contribution in [-0.2, 0) is 11.8 Å². The predicted octanol–water partition coefficient (Wildman–Crippen LogP) is 2.13. The molecule has 7 heteroatoms. The lowest BCUT2D eigenvalue weighted by Gasteiger charge is -2.17. The molecule has 3 aromatic rings. The van der Waals surface area contributed by atoms with Crippen molar-refractivity contribution in [3.05, 3.63) is 60.3 Å². The molecule has 2 N–H and O–H groups in total. The van der Waals surface area contributed by atoms with E-state index in [1.165, 1.54) is 0 Å². The largest absolute Gasteiger partial charge is 0.326 e. The molecular formula is C20H22N6O. The van der Waals surface area contributed by atoms with Gasteiger partial charge in [0.2, 0.25) is 5.91 Å². The van der Waals surface area contributed by atoms with Crippen molar-refractivity contribution in [1.82, 2.24) is 25.1 Å². The summed E-state index contributed by atoms with van der Waals surface area (Å²) in [5.74, 6) is 0.744. The van der Waals surface area contributed by atoms with E-state index < -0.39 is 0 Å². The first-order valence-corrected chi connectivity index (χ1v) is 9.00. The first kappa shape index (κ1) is 17.4. The Bertz CT molecular complexity index is 966. The minimum absolute atomic E-state index is 0.0184. The molecule has 1 saturated heterocycles. The maximum absolute atomic E-state index is 12.9. The van der Waals surface area contributed by atoms with Crippen molar-refractivity contribution in [3.8, 4) is 11.3 Å². The van der Waals surface area contributed by atoms with E-state index >= 15 is 0 Å². The number of carbonyl (C=O) groups excluding carboxylic acids is 1. The standard InChI is InChI=1S/C20H22N6O/c1-13-22-7-6-19(24-13)14-4-3-5-16(8-14)25-20(27)18-11-21-10-17(18)15-9-23-26(2)12-15/h3-9,12,17-18,21H,10-11H2,1-2H3,(H,25,27)/t17-,18+/m1/s1. The average molecular weight is 362 g/mol. The molecule has 2 atom stereocenters. The van der Waals surface area contributed by atoms with Crippen LogP contribution in [-0.4, -0.2) is 38.7 Å². The highest BCUT2D eigenvalue weighted by atomic mass is 16.1. The monoisotopic (exact) mass is 362 g/mol. The molecule has 0 radical (unpaired) electrons. The highest BCUT2D eigenvalue weighted by Gasteiger charge is 2.34. The number of anilines is 1. The maximum atomic E-state index is 12.9. The van der Waals surface area contributed by atoms with E-state index in [4.69, 9.17) is 0 Å². The number of nitrogens with one attached hydrogen (secondary N) is 2. The van der Waals surface area contributed by atoms with E-state index in [0.29, 0.717) is 6.54 Å². The Kier molecular flexibility index (Phi) is 4.68. The van der Waals surface area contributed by atoms with Gasteiger partial charge in [0, 0.05) is 49.7 Å². The van der Waals surface area contributed by atoms with Crippen molar-refractivity contribution in [2.24, 2.45) is 13.0 Å². The molecule has 138 valence electrons. The Balaban J connectivity index is 1.52. The smallest absolute Gasteiger partial charge is 0.229 e. The second kappa shape index (κ2) is 7.28. The van der Waals surface area contributed by atoms with Crippen LogP contribution in [0.2, 0.25) is 0 Å². The first-order chi connectivity index (χ1) is 13.1. The molecule has 1 fully saturated rings. The van der Waals surface area contributed by atoms with Crippen LogP contribution < -0.4 is 10.6 Å². The molecule has 2 aromatic heterocycles. The summed E-state index contributed by atoms with van der Waals surface area (Å²) in [5.41, 5.74) is 3.65. The minimum atomic E-state index is -0.126. The number of amides is 1. The number of nitrogens with zero attached hydrogens (tertiary/aromatic N) is 4. The van der Waals surface area contributed by atoms with Gasteiger partial charge in [-0.3, -0.25) is 9.48 Å². The Hall–Kier alpha value is -3.06.